The van der Waals surface area contributed by atoms with E-state index in [-0.39, 0.29) is 5.69 Å². The summed E-state index contributed by atoms with van der Waals surface area (Å²) in [7, 11) is 0. The molecule has 2 N–H and O–H groups in total. The Bertz CT molecular complexity index is 566. The predicted molar refractivity (Wildman–Crippen MR) is 65.6 cm³/mol. The third-order valence-electron chi connectivity index (χ3n) is 2.16. The zero-order valence-corrected chi connectivity index (χ0v) is 10.5. The van der Waals surface area contributed by atoms with E-state index in [1.54, 1.807) is 6.92 Å². The summed E-state index contributed by atoms with van der Waals surface area (Å²) in [5.74, 6) is -0.693. The summed E-state index contributed by atoms with van der Waals surface area (Å²) < 4.78 is 5.75. The van der Waals surface area contributed by atoms with E-state index < -0.39 is 5.97 Å². The van der Waals surface area contributed by atoms with Crippen LogP contribution in [0.5, 0.6) is 0 Å². The van der Waals surface area contributed by atoms with Gasteiger partial charge in [0.05, 0.1) is 0 Å². The molecule has 0 aliphatic rings. The molecule has 0 amide bonds. The SMILES string of the molecule is Cc1onc(C(=O)O)c1Nc1cccc(Br)c1. The quantitative estimate of drug-likeness (QED) is 0.910. The van der Waals surface area contributed by atoms with Gasteiger partial charge < -0.3 is 14.9 Å². The number of carboxylic acids is 1. The van der Waals surface area contributed by atoms with Gasteiger partial charge in [0, 0.05) is 10.2 Å². The fraction of sp³-hybridized carbons (Fsp3) is 0.0909. The summed E-state index contributed by atoms with van der Waals surface area (Å²) in [4.78, 5) is 10.9. The molecule has 2 aromatic rings. The Morgan fingerprint density at radius 3 is 2.94 bits per heavy atom. The summed E-state index contributed by atoms with van der Waals surface area (Å²) in [6, 6.07) is 7.38. The van der Waals surface area contributed by atoms with E-state index in [4.69, 9.17) is 9.63 Å². The number of carbonyl (C=O) groups is 1. The number of benzene rings is 1. The van der Waals surface area contributed by atoms with E-state index in [1.165, 1.54) is 0 Å². The maximum atomic E-state index is 10.9. The molecule has 0 aliphatic carbocycles. The lowest BCUT2D eigenvalue weighted by atomic mass is 10.2. The second-order valence-corrected chi connectivity index (χ2v) is 4.32. The Hall–Kier alpha value is -1.82. The average Bonchev–Trinajstić information content (AvgIpc) is 2.61. The van der Waals surface area contributed by atoms with Gasteiger partial charge in [0.1, 0.15) is 5.69 Å². The topological polar surface area (TPSA) is 75.4 Å². The first kappa shape index (κ1) is 11.7. The molecule has 0 aliphatic heterocycles. The van der Waals surface area contributed by atoms with Crippen molar-refractivity contribution in [3.63, 3.8) is 0 Å². The summed E-state index contributed by atoms with van der Waals surface area (Å²) in [6.07, 6.45) is 0. The molecule has 0 atom stereocenters. The Morgan fingerprint density at radius 2 is 2.29 bits per heavy atom. The van der Waals surface area contributed by atoms with Crippen LogP contribution in [0, 0.1) is 6.92 Å². The molecule has 0 unspecified atom stereocenters. The number of aryl methyl sites for hydroxylation is 1. The standard InChI is InChI=1S/C11H9BrN2O3/c1-6-9(10(11(15)16)14-17-6)13-8-4-2-3-7(12)5-8/h2-5,13H,1H3,(H,15,16). The molecule has 17 heavy (non-hydrogen) atoms. The molecular formula is C11H9BrN2O3. The van der Waals surface area contributed by atoms with E-state index in [0.717, 1.165) is 10.2 Å². The van der Waals surface area contributed by atoms with Crippen LogP contribution in [0.15, 0.2) is 33.3 Å². The van der Waals surface area contributed by atoms with Crippen LogP contribution in [0.3, 0.4) is 0 Å². The number of rotatable bonds is 3. The predicted octanol–water partition coefficient (Wildman–Crippen LogP) is 3.19. The Morgan fingerprint density at radius 1 is 1.53 bits per heavy atom. The van der Waals surface area contributed by atoms with E-state index in [2.05, 4.69) is 26.4 Å². The molecule has 88 valence electrons. The van der Waals surface area contributed by atoms with Gasteiger partial charge in [0.2, 0.25) is 5.69 Å². The fourth-order valence-corrected chi connectivity index (χ4v) is 1.78. The van der Waals surface area contributed by atoms with Crippen molar-refractivity contribution in [2.75, 3.05) is 5.32 Å². The largest absolute Gasteiger partial charge is 0.476 e. The highest BCUT2D eigenvalue weighted by atomic mass is 79.9. The van der Waals surface area contributed by atoms with Crippen LogP contribution < -0.4 is 5.32 Å². The van der Waals surface area contributed by atoms with Gasteiger partial charge in [-0.3, -0.25) is 0 Å². The van der Waals surface area contributed by atoms with E-state index in [1.807, 2.05) is 24.3 Å². The molecule has 6 heteroatoms. The van der Waals surface area contributed by atoms with Crippen LogP contribution in [-0.2, 0) is 0 Å². The van der Waals surface area contributed by atoms with Crippen molar-refractivity contribution in [3.8, 4) is 0 Å². The van der Waals surface area contributed by atoms with E-state index in [9.17, 15) is 4.79 Å². The second kappa shape index (κ2) is 4.58. The third kappa shape index (κ3) is 2.47. The molecule has 0 spiro atoms. The number of anilines is 2. The molecule has 1 aromatic carbocycles. The lowest BCUT2D eigenvalue weighted by molar-refractivity contribution is 0.0686. The first-order valence-electron chi connectivity index (χ1n) is 4.80. The number of aromatic carboxylic acids is 1. The molecule has 1 aromatic heterocycles. The van der Waals surface area contributed by atoms with Gasteiger partial charge in [-0.1, -0.05) is 27.2 Å². The van der Waals surface area contributed by atoms with Gasteiger partial charge in [-0.15, -0.1) is 0 Å². The van der Waals surface area contributed by atoms with E-state index in [0.29, 0.717) is 11.4 Å². The molecule has 1 heterocycles. The normalized spacial score (nSPS) is 10.2. The summed E-state index contributed by atoms with van der Waals surface area (Å²) in [5.41, 5.74) is 1.01. The maximum absolute atomic E-state index is 10.9. The first-order chi connectivity index (χ1) is 8.08. The van der Waals surface area contributed by atoms with Gasteiger partial charge in [-0.25, -0.2) is 4.79 Å². The number of carboxylic acid groups (broad SMARTS) is 1. The molecule has 0 radical (unpaired) electrons. The van der Waals surface area contributed by atoms with Crippen molar-refractivity contribution < 1.29 is 14.4 Å². The maximum Gasteiger partial charge on any atom is 0.360 e. The van der Waals surface area contributed by atoms with Crippen molar-refractivity contribution >= 4 is 33.3 Å². The zero-order chi connectivity index (χ0) is 12.4. The van der Waals surface area contributed by atoms with Gasteiger partial charge >= 0.3 is 5.97 Å². The minimum Gasteiger partial charge on any atom is -0.476 e. The number of halogens is 1. The number of hydrogen-bond donors (Lipinski definition) is 2. The van der Waals surface area contributed by atoms with Gasteiger partial charge in [0.25, 0.3) is 0 Å². The minimum absolute atomic E-state index is 0.123. The number of aromatic nitrogens is 1. The lowest BCUT2D eigenvalue weighted by Crippen LogP contribution is -2.02. The third-order valence-corrected chi connectivity index (χ3v) is 2.65. The van der Waals surface area contributed by atoms with Crippen molar-refractivity contribution in [2.45, 2.75) is 6.92 Å². The monoisotopic (exact) mass is 296 g/mol. The van der Waals surface area contributed by atoms with Crippen LogP contribution >= 0.6 is 15.9 Å². The van der Waals surface area contributed by atoms with Crippen LogP contribution in [0.4, 0.5) is 11.4 Å². The Balaban J connectivity index is 2.36. The Labute approximate surface area is 106 Å². The fourth-order valence-electron chi connectivity index (χ4n) is 1.38. The second-order valence-electron chi connectivity index (χ2n) is 3.40. The van der Waals surface area contributed by atoms with Crippen molar-refractivity contribution in [1.82, 2.24) is 5.16 Å². The average molecular weight is 297 g/mol. The molecular weight excluding hydrogens is 288 g/mol. The number of hydrogen-bond acceptors (Lipinski definition) is 4. The van der Waals surface area contributed by atoms with Crippen LogP contribution in [-0.4, -0.2) is 16.2 Å². The smallest absolute Gasteiger partial charge is 0.360 e. The van der Waals surface area contributed by atoms with Crippen LogP contribution in [0.2, 0.25) is 0 Å². The minimum atomic E-state index is -1.13. The summed E-state index contributed by atoms with van der Waals surface area (Å²) >= 11 is 3.34. The molecule has 2 rings (SSSR count). The Kier molecular flexibility index (Phi) is 3.14. The molecule has 0 fully saturated rings. The molecule has 0 saturated carbocycles. The first-order valence-corrected chi connectivity index (χ1v) is 5.59. The zero-order valence-electron chi connectivity index (χ0n) is 8.90. The van der Waals surface area contributed by atoms with Crippen molar-refractivity contribution in [2.24, 2.45) is 0 Å². The molecule has 0 bridgehead atoms. The molecule has 5 nitrogen and oxygen atoms in total. The lowest BCUT2D eigenvalue weighted by Gasteiger charge is -2.05. The number of nitrogens with one attached hydrogen (secondary N) is 1. The van der Waals surface area contributed by atoms with Crippen molar-refractivity contribution in [1.29, 1.82) is 0 Å². The highest BCUT2D eigenvalue weighted by Crippen LogP contribution is 2.26. The highest BCUT2D eigenvalue weighted by Gasteiger charge is 2.18. The summed E-state index contributed by atoms with van der Waals surface area (Å²) in [5, 5.41) is 15.4. The highest BCUT2D eigenvalue weighted by molar-refractivity contribution is 9.10. The van der Waals surface area contributed by atoms with Gasteiger partial charge in [-0.2, -0.15) is 0 Å². The van der Waals surface area contributed by atoms with Gasteiger partial charge in [0.15, 0.2) is 5.76 Å². The number of nitrogens with zero attached hydrogens (tertiary/aromatic N) is 1. The van der Waals surface area contributed by atoms with Crippen LogP contribution in [0.1, 0.15) is 16.2 Å². The molecule has 0 saturated heterocycles. The van der Waals surface area contributed by atoms with Gasteiger partial charge in [-0.05, 0) is 25.1 Å². The van der Waals surface area contributed by atoms with Crippen molar-refractivity contribution in [3.05, 3.63) is 40.2 Å². The van der Waals surface area contributed by atoms with Crippen LogP contribution in [0.25, 0.3) is 0 Å². The summed E-state index contributed by atoms with van der Waals surface area (Å²) in [6.45, 7) is 1.65. The van der Waals surface area contributed by atoms with E-state index >= 15 is 0 Å².